The van der Waals surface area contributed by atoms with E-state index in [0.717, 1.165) is 25.1 Å². The Morgan fingerprint density at radius 1 is 1.57 bits per heavy atom. The molecule has 3 nitrogen and oxygen atoms in total. The van der Waals surface area contributed by atoms with Crippen molar-refractivity contribution < 1.29 is 4.79 Å². The molecule has 0 aliphatic heterocycles. The molecule has 0 radical (unpaired) electrons. The number of amides is 1. The lowest BCUT2D eigenvalue weighted by atomic mass is 10.1. The summed E-state index contributed by atoms with van der Waals surface area (Å²) in [4.78, 5) is 11.4. The lowest BCUT2D eigenvalue weighted by Crippen LogP contribution is -2.42. The topological polar surface area (TPSA) is 55.1 Å². The van der Waals surface area contributed by atoms with E-state index in [1.807, 2.05) is 6.26 Å². The van der Waals surface area contributed by atoms with Gasteiger partial charge in [0, 0.05) is 6.54 Å². The third-order valence-corrected chi connectivity index (χ3v) is 2.94. The van der Waals surface area contributed by atoms with E-state index in [1.54, 1.807) is 11.8 Å². The zero-order chi connectivity index (χ0) is 11.0. The molecule has 0 heterocycles. The van der Waals surface area contributed by atoms with Crippen molar-refractivity contribution in [2.45, 2.75) is 32.7 Å². The molecule has 0 rings (SSSR count). The molecule has 0 bridgehead atoms. The molecule has 1 unspecified atom stereocenters. The van der Waals surface area contributed by atoms with E-state index in [9.17, 15) is 4.79 Å². The molecular formula is C10H22N2OS. The molecule has 84 valence electrons. The van der Waals surface area contributed by atoms with Crippen molar-refractivity contribution >= 4 is 17.7 Å². The van der Waals surface area contributed by atoms with Crippen molar-refractivity contribution in [2.24, 2.45) is 11.7 Å². The SMILES string of the molecule is CCC(C)CNC(=O)[C@H](N)CCSC. The molecule has 0 spiro atoms. The van der Waals surface area contributed by atoms with Crippen LogP contribution in [0, 0.1) is 5.92 Å². The standard InChI is InChI=1S/C10H22N2OS/c1-4-8(2)7-12-10(13)9(11)5-6-14-3/h8-9H,4-7,11H2,1-3H3,(H,12,13)/t8?,9-/m1/s1. The lowest BCUT2D eigenvalue weighted by molar-refractivity contribution is -0.122. The maximum atomic E-state index is 11.4. The van der Waals surface area contributed by atoms with Crippen LogP contribution in [0.2, 0.25) is 0 Å². The van der Waals surface area contributed by atoms with Crippen LogP contribution < -0.4 is 11.1 Å². The van der Waals surface area contributed by atoms with Crippen LogP contribution in [0.4, 0.5) is 0 Å². The number of hydrogen-bond acceptors (Lipinski definition) is 3. The Morgan fingerprint density at radius 3 is 2.71 bits per heavy atom. The molecule has 0 aliphatic carbocycles. The van der Waals surface area contributed by atoms with Crippen LogP contribution in [0.5, 0.6) is 0 Å². The highest BCUT2D eigenvalue weighted by Gasteiger charge is 2.12. The van der Waals surface area contributed by atoms with E-state index >= 15 is 0 Å². The molecular weight excluding hydrogens is 196 g/mol. The Bertz CT molecular complexity index is 164. The van der Waals surface area contributed by atoms with Gasteiger partial charge in [-0.3, -0.25) is 4.79 Å². The first-order valence-electron chi connectivity index (χ1n) is 5.14. The van der Waals surface area contributed by atoms with Crippen LogP contribution in [0.3, 0.4) is 0 Å². The van der Waals surface area contributed by atoms with E-state index in [0.29, 0.717) is 5.92 Å². The summed E-state index contributed by atoms with van der Waals surface area (Å²) in [7, 11) is 0. The molecule has 0 aromatic heterocycles. The second kappa shape index (κ2) is 8.12. The molecule has 0 aromatic rings. The smallest absolute Gasteiger partial charge is 0.236 e. The minimum atomic E-state index is -0.341. The summed E-state index contributed by atoms with van der Waals surface area (Å²) in [5.41, 5.74) is 5.71. The average molecular weight is 218 g/mol. The van der Waals surface area contributed by atoms with Crippen LogP contribution in [0.25, 0.3) is 0 Å². The van der Waals surface area contributed by atoms with Gasteiger partial charge < -0.3 is 11.1 Å². The largest absolute Gasteiger partial charge is 0.354 e. The highest BCUT2D eigenvalue weighted by atomic mass is 32.2. The highest BCUT2D eigenvalue weighted by molar-refractivity contribution is 7.98. The Balaban J connectivity index is 3.61. The van der Waals surface area contributed by atoms with Crippen LogP contribution in [-0.2, 0) is 4.79 Å². The van der Waals surface area contributed by atoms with Gasteiger partial charge in [0.15, 0.2) is 0 Å². The van der Waals surface area contributed by atoms with Gasteiger partial charge >= 0.3 is 0 Å². The molecule has 14 heavy (non-hydrogen) atoms. The highest BCUT2D eigenvalue weighted by Crippen LogP contribution is 2.00. The van der Waals surface area contributed by atoms with Gasteiger partial charge in [-0.15, -0.1) is 0 Å². The first kappa shape index (κ1) is 13.8. The minimum absolute atomic E-state index is 0.0145. The van der Waals surface area contributed by atoms with E-state index in [1.165, 1.54) is 0 Å². The minimum Gasteiger partial charge on any atom is -0.354 e. The zero-order valence-electron chi connectivity index (χ0n) is 9.38. The second-order valence-electron chi connectivity index (χ2n) is 3.65. The molecule has 0 saturated carbocycles. The first-order valence-corrected chi connectivity index (χ1v) is 6.53. The summed E-state index contributed by atoms with van der Waals surface area (Å²) in [6.45, 7) is 4.97. The zero-order valence-corrected chi connectivity index (χ0v) is 10.2. The van der Waals surface area contributed by atoms with Crippen molar-refractivity contribution in [3.63, 3.8) is 0 Å². The Kier molecular flexibility index (Phi) is 7.99. The fourth-order valence-corrected chi connectivity index (χ4v) is 1.42. The van der Waals surface area contributed by atoms with Gasteiger partial charge in [-0.1, -0.05) is 20.3 Å². The molecule has 1 amide bonds. The molecule has 2 atom stereocenters. The van der Waals surface area contributed by atoms with E-state index in [2.05, 4.69) is 19.2 Å². The first-order chi connectivity index (χ1) is 6.61. The van der Waals surface area contributed by atoms with Crippen molar-refractivity contribution in [2.75, 3.05) is 18.6 Å². The predicted molar refractivity (Wildman–Crippen MR) is 63.4 cm³/mol. The Morgan fingerprint density at radius 2 is 2.21 bits per heavy atom. The predicted octanol–water partition coefficient (Wildman–Crippen LogP) is 1.23. The number of carbonyl (C=O) groups is 1. The number of rotatable bonds is 7. The Hall–Kier alpha value is -0.220. The van der Waals surface area contributed by atoms with Crippen LogP contribution >= 0.6 is 11.8 Å². The lowest BCUT2D eigenvalue weighted by Gasteiger charge is -2.14. The fourth-order valence-electron chi connectivity index (χ4n) is 0.926. The average Bonchev–Trinajstić information content (AvgIpc) is 2.21. The van der Waals surface area contributed by atoms with Crippen LogP contribution in [0.15, 0.2) is 0 Å². The van der Waals surface area contributed by atoms with Gasteiger partial charge in [-0.25, -0.2) is 0 Å². The van der Waals surface area contributed by atoms with Crippen molar-refractivity contribution in [3.05, 3.63) is 0 Å². The molecule has 4 heteroatoms. The third-order valence-electron chi connectivity index (χ3n) is 2.29. The third kappa shape index (κ3) is 6.27. The summed E-state index contributed by atoms with van der Waals surface area (Å²) in [6, 6.07) is -0.341. The summed E-state index contributed by atoms with van der Waals surface area (Å²) in [5.74, 6) is 1.46. The van der Waals surface area contributed by atoms with Crippen molar-refractivity contribution in [1.82, 2.24) is 5.32 Å². The number of nitrogens with one attached hydrogen (secondary N) is 1. The second-order valence-corrected chi connectivity index (χ2v) is 4.63. The number of nitrogens with two attached hydrogens (primary N) is 1. The molecule has 0 aromatic carbocycles. The van der Waals surface area contributed by atoms with Gasteiger partial charge in [0.1, 0.15) is 0 Å². The van der Waals surface area contributed by atoms with E-state index in [-0.39, 0.29) is 11.9 Å². The van der Waals surface area contributed by atoms with Gasteiger partial charge in [-0.05, 0) is 24.3 Å². The van der Waals surface area contributed by atoms with Crippen LogP contribution in [0.1, 0.15) is 26.7 Å². The van der Waals surface area contributed by atoms with E-state index < -0.39 is 0 Å². The maximum Gasteiger partial charge on any atom is 0.236 e. The van der Waals surface area contributed by atoms with Gasteiger partial charge in [0.05, 0.1) is 6.04 Å². The van der Waals surface area contributed by atoms with Crippen molar-refractivity contribution in [3.8, 4) is 0 Å². The number of hydrogen-bond donors (Lipinski definition) is 2. The summed E-state index contributed by atoms with van der Waals surface area (Å²) >= 11 is 1.72. The molecule has 0 saturated heterocycles. The quantitative estimate of drug-likeness (QED) is 0.676. The van der Waals surface area contributed by atoms with Gasteiger partial charge in [0.25, 0.3) is 0 Å². The Labute approximate surface area is 91.2 Å². The van der Waals surface area contributed by atoms with Crippen LogP contribution in [-0.4, -0.2) is 30.5 Å². The maximum absolute atomic E-state index is 11.4. The molecule has 3 N–H and O–H groups in total. The normalized spacial score (nSPS) is 14.9. The summed E-state index contributed by atoms with van der Waals surface area (Å²) in [6.07, 6.45) is 3.86. The molecule has 0 fully saturated rings. The summed E-state index contributed by atoms with van der Waals surface area (Å²) < 4.78 is 0. The number of thioether (sulfide) groups is 1. The monoisotopic (exact) mass is 218 g/mol. The number of carbonyl (C=O) groups excluding carboxylic acids is 1. The van der Waals surface area contributed by atoms with Crippen molar-refractivity contribution in [1.29, 1.82) is 0 Å². The fraction of sp³-hybridized carbons (Fsp3) is 0.900. The molecule has 0 aliphatic rings. The van der Waals surface area contributed by atoms with Gasteiger partial charge in [0.2, 0.25) is 5.91 Å². The van der Waals surface area contributed by atoms with E-state index in [4.69, 9.17) is 5.73 Å². The summed E-state index contributed by atoms with van der Waals surface area (Å²) in [5, 5.41) is 2.87. The van der Waals surface area contributed by atoms with Gasteiger partial charge in [-0.2, -0.15) is 11.8 Å².